The molecule has 4 N–H and O–H groups in total. The monoisotopic (exact) mass is 251 g/mol. The average Bonchev–Trinajstić information content (AvgIpc) is 2.78. The van der Waals surface area contributed by atoms with Crippen LogP contribution in [0.25, 0.3) is 0 Å². The highest BCUT2D eigenvalue weighted by molar-refractivity contribution is 5.35. The zero-order valence-corrected chi connectivity index (χ0v) is 11.4. The molecule has 0 amide bonds. The summed E-state index contributed by atoms with van der Waals surface area (Å²) in [6, 6.07) is 2.54. The lowest BCUT2D eigenvalue weighted by molar-refractivity contribution is 0.290. The predicted molar refractivity (Wildman–Crippen MR) is 74.7 cm³/mol. The topological polar surface area (TPSA) is 67.9 Å². The second-order valence-electron chi connectivity index (χ2n) is 5.24. The zero-order chi connectivity index (χ0) is 13.0. The third kappa shape index (κ3) is 2.52. The minimum Gasteiger partial charge on any atom is -0.370 e. The number of nitrogens with two attached hydrogens (primary N) is 1. The first kappa shape index (κ1) is 13.4. The molecule has 1 aromatic heterocycles. The molecule has 1 aliphatic rings. The van der Waals surface area contributed by atoms with Crippen molar-refractivity contribution in [1.29, 1.82) is 0 Å². The highest BCUT2D eigenvalue weighted by Crippen LogP contribution is 2.26. The van der Waals surface area contributed by atoms with Gasteiger partial charge in [-0.1, -0.05) is 13.8 Å². The zero-order valence-electron chi connectivity index (χ0n) is 11.4. The Balaban J connectivity index is 1.99. The molecule has 102 valence electrons. The summed E-state index contributed by atoms with van der Waals surface area (Å²) in [6.45, 7) is 8.10. The summed E-state index contributed by atoms with van der Waals surface area (Å²) in [4.78, 5) is 0. The Morgan fingerprint density at radius 2 is 2.22 bits per heavy atom. The van der Waals surface area contributed by atoms with Gasteiger partial charge in [0.2, 0.25) is 0 Å². The minimum absolute atomic E-state index is 0.201. The summed E-state index contributed by atoms with van der Waals surface area (Å²) in [7, 11) is 0. The predicted octanol–water partition coefficient (Wildman–Crippen LogP) is 1.20. The summed E-state index contributed by atoms with van der Waals surface area (Å²) < 4.78 is 2.09. The van der Waals surface area contributed by atoms with Gasteiger partial charge in [0.05, 0.1) is 12.2 Å². The number of hydrogen-bond donors (Lipinski definition) is 3. The van der Waals surface area contributed by atoms with Crippen LogP contribution in [-0.4, -0.2) is 36.0 Å². The molecule has 5 heteroatoms. The van der Waals surface area contributed by atoms with Gasteiger partial charge in [0, 0.05) is 25.7 Å². The molecule has 1 aromatic rings. The second kappa shape index (κ2) is 5.71. The maximum Gasteiger partial charge on any atom is 0.124 e. The van der Waals surface area contributed by atoms with Gasteiger partial charge < -0.3 is 16.4 Å². The minimum atomic E-state index is 0.201. The standard InChI is InChI=1S/C13H25N5/c1-3-13(4-2,9-14)10-16-12-5-6-17-18(12)11-7-15-8-11/h5-6,11,15-16H,3-4,7-10,14H2,1-2H3. The first-order chi connectivity index (χ1) is 8.74. The second-order valence-corrected chi connectivity index (χ2v) is 5.24. The SMILES string of the molecule is CCC(CC)(CN)CNc1ccnn1C1CNC1. The highest BCUT2D eigenvalue weighted by Gasteiger charge is 2.26. The number of rotatable bonds is 7. The van der Waals surface area contributed by atoms with Crippen LogP contribution in [-0.2, 0) is 0 Å². The third-order valence-electron chi connectivity index (χ3n) is 4.35. The number of nitrogens with one attached hydrogen (secondary N) is 2. The fourth-order valence-electron chi connectivity index (χ4n) is 2.33. The van der Waals surface area contributed by atoms with E-state index in [1.165, 1.54) is 0 Å². The molecule has 2 heterocycles. The molecule has 0 radical (unpaired) electrons. The van der Waals surface area contributed by atoms with Gasteiger partial charge in [-0.25, -0.2) is 4.68 Å². The van der Waals surface area contributed by atoms with Crippen molar-refractivity contribution in [2.45, 2.75) is 32.7 Å². The summed E-state index contributed by atoms with van der Waals surface area (Å²) in [5.41, 5.74) is 6.13. The van der Waals surface area contributed by atoms with E-state index >= 15 is 0 Å². The van der Waals surface area contributed by atoms with E-state index < -0.39 is 0 Å². The van der Waals surface area contributed by atoms with Crippen LogP contribution in [0, 0.1) is 5.41 Å². The van der Waals surface area contributed by atoms with Crippen LogP contribution in [0.3, 0.4) is 0 Å². The molecule has 5 nitrogen and oxygen atoms in total. The van der Waals surface area contributed by atoms with Crippen LogP contribution in [0.2, 0.25) is 0 Å². The third-order valence-corrected chi connectivity index (χ3v) is 4.35. The lowest BCUT2D eigenvalue weighted by Crippen LogP contribution is -2.44. The molecule has 0 spiro atoms. The fourth-order valence-corrected chi connectivity index (χ4v) is 2.33. The summed E-state index contributed by atoms with van der Waals surface area (Å²) >= 11 is 0. The van der Waals surface area contributed by atoms with Crippen molar-refractivity contribution in [3.05, 3.63) is 12.3 Å². The molecular weight excluding hydrogens is 226 g/mol. The van der Waals surface area contributed by atoms with E-state index in [-0.39, 0.29) is 5.41 Å². The van der Waals surface area contributed by atoms with E-state index in [2.05, 4.69) is 34.3 Å². The van der Waals surface area contributed by atoms with Gasteiger partial charge in [-0.15, -0.1) is 0 Å². The van der Waals surface area contributed by atoms with Crippen LogP contribution < -0.4 is 16.4 Å². The summed E-state index contributed by atoms with van der Waals surface area (Å²) in [5, 5.41) is 11.2. The fraction of sp³-hybridized carbons (Fsp3) is 0.769. The largest absolute Gasteiger partial charge is 0.370 e. The molecule has 0 aliphatic carbocycles. The molecule has 1 aliphatic heterocycles. The highest BCUT2D eigenvalue weighted by atomic mass is 15.4. The molecule has 1 fully saturated rings. The Labute approximate surface area is 109 Å². The van der Waals surface area contributed by atoms with E-state index in [0.717, 1.165) is 44.8 Å². The van der Waals surface area contributed by atoms with Crippen molar-refractivity contribution >= 4 is 5.82 Å². The molecule has 0 saturated carbocycles. The van der Waals surface area contributed by atoms with Gasteiger partial charge in [-0.2, -0.15) is 5.10 Å². The lowest BCUT2D eigenvalue weighted by atomic mass is 9.82. The molecule has 0 atom stereocenters. The first-order valence-electron chi connectivity index (χ1n) is 6.93. The van der Waals surface area contributed by atoms with Crippen molar-refractivity contribution in [2.24, 2.45) is 11.1 Å². The summed E-state index contributed by atoms with van der Waals surface area (Å²) in [5.74, 6) is 1.11. The molecule has 0 bridgehead atoms. The van der Waals surface area contributed by atoms with E-state index in [4.69, 9.17) is 5.73 Å². The average molecular weight is 251 g/mol. The Bertz CT molecular complexity index is 357. The van der Waals surface area contributed by atoms with Gasteiger partial charge in [-0.05, 0) is 24.8 Å². The molecule has 2 rings (SSSR count). The quantitative estimate of drug-likeness (QED) is 0.681. The lowest BCUT2D eigenvalue weighted by Gasteiger charge is -2.32. The van der Waals surface area contributed by atoms with Crippen molar-refractivity contribution in [3.8, 4) is 0 Å². The van der Waals surface area contributed by atoms with Gasteiger partial charge in [-0.3, -0.25) is 0 Å². The Hall–Kier alpha value is -1.07. The van der Waals surface area contributed by atoms with E-state index in [1.807, 2.05) is 12.3 Å². The van der Waals surface area contributed by atoms with Gasteiger partial charge in [0.15, 0.2) is 0 Å². The molecule has 0 aromatic carbocycles. The van der Waals surface area contributed by atoms with Gasteiger partial charge in [0.25, 0.3) is 0 Å². The normalized spacial score (nSPS) is 16.6. The van der Waals surface area contributed by atoms with Crippen LogP contribution >= 0.6 is 0 Å². The number of hydrogen-bond acceptors (Lipinski definition) is 4. The molecule has 0 unspecified atom stereocenters. The van der Waals surface area contributed by atoms with E-state index in [9.17, 15) is 0 Å². The number of aromatic nitrogens is 2. The number of anilines is 1. The van der Waals surface area contributed by atoms with Crippen molar-refractivity contribution in [3.63, 3.8) is 0 Å². The van der Waals surface area contributed by atoms with E-state index in [0.29, 0.717) is 6.04 Å². The van der Waals surface area contributed by atoms with Crippen molar-refractivity contribution in [2.75, 3.05) is 31.5 Å². The Morgan fingerprint density at radius 1 is 1.50 bits per heavy atom. The smallest absolute Gasteiger partial charge is 0.124 e. The van der Waals surface area contributed by atoms with Gasteiger partial charge >= 0.3 is 0 Å². The molecular formula is C13H25N5. The molecule has 18 heavy (non-hydrogen) atoms. The van der Waals surface area contributed by atoms with Crippen LogP contribution in [0.15, 0.2) is 12.3 Å². The first-order valence-corrected chi connectivity index (χ1v) is 6.93. The van der Waals surface area contributed by atoms with Crippen molar-refractivity contribution in [1.82, 2.24) is 15.1 Å². The van der Waals surface area contributed by atoms with E-state index in [1.54, 1.807) is 0 Å². The maximum atomic E-state index is 5.93. The van der Waals surface area contributed by atoms with Gasteiger partial charge in [0.1, 0.15) is 5.82 Å². The molecule has 1 saturated heterocycles. The van der Waals surface area contributed by atoms with Crippen molar-refractivity contribution < 1.29 is 0 Å². The van der Waals surface area contributed by atoms with Crippen LogP contribution in [0.1, 0.15) is 32.7 Å². The van der Waals surface area contributed by atoms with Crippen LogP contribution in [0.5, 0.6) is 0 Å². The Morgan fingerprint density at radius 3 is 2.72 bits per heavy atom. The Kier molecular flexibility index (Phi) is 4.24. The maximum absolute atomic E-state index is 5.93. The van der Waals surface area contributed by atoms with Crippen LogP contribution in [0.4, 0.5) is 5.82 Å². The number of nitrogens with zero attached hydrogens (tertiary/aromatic N) is 2. The summed E-state index contributed by atoms with van der Waals surface area (Å²) in [6.07, 6.45) is 4.07.